The highest BCUT2D eigenvalue weighted by molar-refractivity contribution is 5.96. The smallest absolute Gasteiger partial charge is 0.255 e. The minimum Gasteiger partial charge on any atom is -0.360 e. The van der Waals surface area contributed by atoms with Crippen molar-refractivity contribution in [1.29, 1.82) is 0 Å². The van der Waals surface area contributed by atoms with Crippen molar-refractivity contribution in [1.82, 2.24) is 19.9 Å². The molecule has 2 aromatic rings. The summed E-state index contributed by atoms with van der Waals surface area (Å²) in [6.45, 7) is 10.2. The quantitative estimate of drug-likeness (QED) is 0.919. The Hall–Kier alpha value is -2.08. The first-order valence-corrected chi connectivity index (χ1v) is 7.62. The van der Waals surface area contributed by atoms with Crippen LogP contribution in [-0.2, 0) is 0 Å². The average molecular weight is 302 g/mol. The highest BCUT2D eigenvalue weighted by Gasteiger charge is 2.25. The molecule has 6 heteroatoms. The summed E-state index contributed by atoms with van der Waals surface area (Å²) in [7, 11) is 0. The summed E-state index contributed by atoms with van der Waals surface area (Å²) in [6, 6.07) is 4.15. The van der Waals surface area contributed by atoms with E-state index in [2.05, 4.69) is 17.4 Å². The number of carbonyl (C=O) groups excluding carboxylic acids is 1. The van der Waals surface area contributed by atoms with Crippen molar-refractivity contribution in [3.63, 3.8) is 0 Å². The van der Waals surface area contributed by atoms with Gasteiger partial charge in [0.2, 0.25) is 0 Å². The first-order chi connectivity index (χ1) is 10.5. The lowest BCUT2D eigenvalue weighted by Crippen LogP contribution is -2.51. The van der Waals surface area contributed by atoms with E-state index in [1.807, 2.05) is 42.4 Å². The predicted octanol–water partition coefficient (Wildman–Crippen LogP) is 1.82. The standard InChI is InChI=1S/C16H22N4O2/c1-10-9-19(6-5-17-10)16(21)14-7-11(2)20(13(14)4)15-8-12(3)22-18-15/h7-8,10,17H,5-6,9H2,1-4H3. The maximum atomic E-state index is 12.8. The molecule has 118 valence electrons. The predicted molar refractivity (Wildman–Crippen MR) is 83.4 cm³/mol. The molecule has 0 aromatic carbocycles. The van der Waals surface area contributed by atoms with Crippen molar-refractivity contribution in [3.05, 3.63) is 34.8 Å². The fourth-order valence-electron chi connectivity index (χ4n) is 3.08. The molecule has 0 saturated carbocycles. The highest BCUT2D eigenvalue weighted by atomic mass is 16.5. The monoisotopic (exact) mass is 302 g/mol. The van der Waals surface area contributed by atoms with Crippen molar-refractivity contribution in [2.75, 3.05) is 19.6 Å². The van der Waals surface area contributed by atoms with Crippen LogP contribution < -0.4 is 5.32 Å². The van der Waals surface area contributed by atoms with Crippen LogP contribution in [0.15, 0.2) is 16.7 Å². The molecule has 1 amide bonds. The maximum absolute atomic E-state index is 12.8. The Morgan fingerprint density at radius 3 is 2.77 bits per heavy atom. The van der Waals surface area contributed by atoms with Gasteiger partial charge in [-0.15, -0.1) is 0 Å². The van der Waals surface area contributed by atoms with E-state index in [1.165, 1.54) is 0 Å². The molecule has 6 nitrogen and oxygen atoms in total. The zero-order valence-corrected chi connectivity index (χ0v) is 13.5. The first kappa shape index (κ1) is 14.8. The van der Waals surface area contributed by atoms with Gasteiger partial charge in [0.1, 0.15) is 5.76 Å². The van der Waals surface area contributed by atoms with Gasteiger partial charge in [0.25, 0.3) is 5.91 Å². The summed E-state index contributed by atoms with van der Waals surface area (Å²) >= 11 is 0. The third-order valence-electron chi connectivity index (χ3n) is 4.16. The summed E-state index contributed by atoms with van der Waals surface area (Å²) in [5, 5.41) is 7.41. The molecule has 1 saturated heterocycles. The zero-order chi connectivity index (χ0) is 15.9. The van der Waals surface area contributed by atoms with Crippen LogP contribution in [0.25, 0.3) is 5.82 Å². The molecule has 1 aliphatic heterocycles. The Morgan fingerprint density at radius 2 is 2.14 bits per heavy atom. The fourth-order valence-corrected chi connectivity index (χ4v) is 3.08. The molecule has 0 radical (unpaired) electrons. The molecule has 0 aliphatic carbocycles. The van der Waals surface area contributed by atoms with Crippen LogP contribution in [-0.4, -0.2) is 46.2 Å². The molecule has 1 atom stereocenters. The third-order valence-corrected chi connectivity index (χ3v) is 4.16. The minimum atomic E-state index is 0.0907. The Bertz CT molecular complexity index is 701. The second kappa shape index (κ2) is 5.61. The van der Waals surface area contributed by atoms with Crippen LogP contribution in [0.4, 0.5) is 0 Å². The Labute approximate surface area is 130 Å². The molecule has 1 aliphatic rings. The van der Waals surface area contributed by atoms with Gasteiger partial charge in [-0.05, 0) is 33.8 Å². The molecule has 2 aromatic heterocycles. The van der Waals surface area contributed by atoms with Gasteiger partial charge in [0.15, 0.2) is 5.82 Å². The van der Waals surface area contributed by atoms with Gasteiger partial charge in [-0.25, -0.2) is 0 Å². The second-order valence-electron chi connectivity index (χ2n) is 6.02. The minimum absolute atomic E-state index is 0.0907. The number of nitrogens with one attached hydrogen (secondary N) is 1. The lowest BCUT2D eigenvalue weighted by molar-refractivity contribution is 0.0708. The number of hydrogen-bond acceptors (Lipinski definition) is 4. The lowest BCUT2D eigenvalue weighted by Gasteiger charge is -2.31. The third kappa shape index (κ3) is 2.54. The van der Waals surface area contributed by atoms with Gasteiger partial charge in [-0.3, -0.25) is 9.36 Å². The average Bonchev–Trinajstić information content (AvgIpc) is 3.01. The molecule has 3 rings (SSSR count). The second-order valence-corrected chi connectivity index (χ2v) is 6.02. The largest absolute Gasteiger partial charge is 0.360 e. The van der Waals surface area contributed by atoms with E-state index < -0.39 is 0 Å². The summed E-state index contributed by atoms with van der Waals surface area (Å²) in [5.41, 5.74) is 2.63. The Balaban J connectivity index is 1.93. The zero-order valence-electron chi connectivity index (χ0n) is 13.5. The number of piperazine rings is 1. The summed E-state index contributed by atoms with van der Waals surface area (Å²) in [5.74, 6) is 1.57. The van der Waals surface area contributed by atoms with Gasteiger partial charge >= 0.3 is 0 Å². The van der Waals surface area contributed by atoms with Crippen LogP contribution in [0.3, 0.4) is 0 Å². The molecule has 3 heterocycles. The van der Waals surface area contributed by atoms with Crippen LogP contribution in [0.2, 0.25) is 0 Å². The molecule has 1 fully saturated rings. The highest BCUT2D eigenvalue weighted by Crippen LogP contribution is 2.22. The van der Waals surface area contributed by atoms with Crippen molar-refractivity contribution in [2.24, 2.45) is 0 Å². The molecular formula is C16H22N4O2. The van der Waals surface area contributed by atoms with Gasteiger partial charge in [0.05, 0.1) is 5.56 Å². The summed E-state index contributed by atoms with van der Waals surface area (Å²) in [4.78, 5) is 14.7. The van der Waals surface area contributed by atoms with Crippen LogP contribution in [0, 0.1) is 20.8 Å². The number of amides is 1. The molecule has 0 spiro atoms. The summed E-state index contributed by atoms with van der Waals surface area (Å²) < 4.78 is 7.12. The molecular weight excluding hydrogens is 280 g/mol. The molecule has 1 N–H and O–H groups in total. The molecule has 22 heavy (non-hydrogen) atoms. The van der Waals surface area contributed by atoms with Crippen molar-refractivity contribution < 1.29 is 9.32 Å². The number of hydrogen-bond donors (Lipinski definition) is 1. The number of aromatic nitrogens is 2. The number of nitrogens with zero attached hydrogens (tertiary/aromatic N) is 3. The molecule has 1 unspecified atom stereocenters. The van der Waals surface area contributed by atoms with E-state index in [0.29, 0.717) is 6.04 Å². The van der Waals surface area contributed by atoms with Gasteiger partial charge in [-0.2, -0.15) is 0 Å². The number of rotatable bonds is 2. The Kier molecular flexibility index (Phi) is 3.78. The molecule has 0 bridgehead atoms. The van der Waals surface area contributed by atoms with Crippen molar-refractivity contribution >= 4 is 5.91 Å². The van der Waals surface area contributed by atoms with Gasteiger partial charge < -0.3 is 14.7 Å². The van der Waals surface area contributed by atoms with E-state index in [-0.39, 0.29) is 5.91 Å². The SMILES string of the molecule is Cc1cc(-n2c(C)cc(C(=O)N3CCNC(C)C3)c2C)no1. The first-order valence-electron chi connectivity index (χ1n) is 7.62. The van der Waals surface area contributed by atoms with Crippen LogP contribution in [0.1, 0.15) is 34.4 Å². The lowest BCUT2D eigenvalue weighted by atomic mass is 10.1. The topological polar surface area (TPSA) is 63.3 Å². The van der Waals surface area contributed by atoms with E-state index in [9.17, 15) is 4.79 Å². The van der Waals surface area contributed by atoms with E-state index >= 15 is 0 Å². The van der Waals surface area contributed by atoms with Gasteiger partial charge in [-0.1, -0.05) is 5.16 Å². The maximum Gasteiger partial charge on any atom is 0.255 e. The van der Waals surface area contributed by atoms with E-state index in [0.717, 1.165) is 48.2 Å². The van der Waals surface area contributed by atoms with Crippen LogP contribution >= 0.6 is 0 Å². The van der Waals surface area contributed by atoms with Crippen molar-refractivity contribution in [3.8, 4) is 5.82 Å². The van der Waals surface area contributed by atoms with E-state index in [1.54, 1.807) is 0 Å². The van der Waals surface area contributed by atoms with Gasteiger partial charge in [0, 0.05) is 43.1 Å². The van der Waals surface area contributed by atoms with E-state index in [4.69, 9.17) is 4.52 Å². The number of aryl methyl sites for hydroxylation is 2. The van der Waals surface area contributed by atoms with Crippen LogP contribution in [0.5, 0.6) is 0 Å². The fraction of sp³-hybridized carbons (Fsp3) is 0.500. The number of carbonyl (C=O) groups is 1. The van der Waals surface area contributed by atoms with Crippen molar-refractivity contribution in [2.45, 2.75) is 33.7 Å². The summed E-state index contributed by atoms with van der Waals surface area (Å²) in [6.07, 6.45) is 0. The Morgan fingerprint density at radius 1 is 1.36 bits per heavy atom. The normalized spacial score (nSPS) is 18.7.